The summed E-state index contributed by atoms with van der Waals surface area (Å²) in [5.41, 5.74) is 7.42. The van der Waals surface area contributed by atoms with Gasteiger partial charge in [0.15, 0.2) is 22.5 Å². The van der Waals surface area contributed by atoms with Crippen LogP contribution in [0.3, 0.4) is 0 Å². The number of nitrogens with two attached hydrogens (primary N) is 1. The highest BCUT2D eigenvalue weighted by atomic mass is 35.5. The lowest BCUT2D eigenvalue weighted by Crippen LogP contribution is -2.61. The maximum absolute atomic E-state index is 11.9. The van der Waals surface area contributed by atoms with E-state index in [1.807, 2.05) is 12.1 Å². The lowest BCUT2D eigenvalue weighted by molar-refractivity contribution is 0.0452. The minimum Gasteiger partial charge on any atom is -0.464 e. The number of nitrogen functional groups attached to an aromatic ring is 1. The molecule has 1 unspecified atom stereocenters. The van der Waals surface area contributed by atoms with Crippen molar-refractivity contribution in [3.63, 3.8) is 0 Å². The van der Waals surface area contributed by atoms with Crippen LogP contribution in [-0.4, -0.2) is 77.2 Å². The molecule has 0 bridgehead atoms. The van der Waals surface area contributed by atoms with Gasteiger partial charge in [-0.15, -0.1) is 0 Å². The number of likely N-dealkylation sites (tertiary alicyclic amines) is 1. The van der Waals surface area contributed by atoms with Gasteiger partial charge in [-0.25, -0.2) is 14.8 Å². The molecule has 2 aliphatic heterocycles. The zero-order valence-electron chi connectivity index (χ0n) is 20.2. The highest BCUT2D eigenvalue weighted by molar-refractivity contribution is 6.32. The van der Waals surface area contributed by atoms with Gasteiger partial charge in [0.1, 0.15) is 0 Å². The van der Waals surface area contributed by atoms with Crippen LogP contribution in [0.4, 0.5) is 11.6 Å². The van der Waals surface area contributed by atoms with E-state index in [0.29, 0.717) is 17.8 Å². The molecule has 1 aromatic carbocycles. The number of methoxy groups -OCH3 is 1. The van der Waals surface area contributed by atoms with Gasteiger partial charge in [0.25, 0.3) is 0 Å². The number of piperidine rings is 1. The van der Waals surface area contributed by atoms with E-state index in [4.69, 9.17) is 33.7 Å². The van der Waals surface area contributed by atoms with Gasteiger partial charge in [-0.2, -0.15) is 0 Å². The Balaban J connectivity index is 1.24. The molecule has 3 aliphatic rings. The molecule has 1 saturated carbocycles. The number of piperazine rings is 1. The maximum atomic E-state index is 11.9. The minimum atomic E-state index is -0.636. The van der Waals surface area contributed by atoms with E-state index in [9.17, 15) is 4.79 Å². The summed E-state index contributed by atoms with van der Waals surface area (Å²) in [7, 11) is 1.28. The first kappa shape index (κ1) is 24.6. The van der Waals surface area contributed by atoms with Crippen LogP contribution in [-0.2, 0) is 11.3 Å². The molecule has 2 atom stereocenters. The van der Waals surface area contributed by atoms with Crippen LogP contribution in [0.2, 0.25) is 10.2 Å². The summed E-state index contributed by atoms with van der Waals surface area (Å²) in [5, 5.41) is 0.969. The minimum absolute atomic E-state index is 0.0419. The molecular weight excluding hydrogens is 487 g/mol. The number of hydrogen-bond acceptors (Lipinski definition) is 8. The first-order chi connectivity index (χ1) is 16.8. The average Bonchev–Trinajstić information content (AvgIpc) is 3.49. The zero-order valence-corrected chi connectivity index (χ0v) is 21.7. The average molecular weight is 519 g/mol. The molecule has 2 N–H and O–H groups in total. The SMILES string of the molecule is COC(=O)c1nc(Cl)c(N2CCN(C3CCN(Cc4ccc(Cl)cc4)CC3)C3(C[C@H]3C)C2)nc1N. The molecule has 35 heavy (non-hydrogen) atoms. The molecule has 3 heterocycles. The van der Waals surface area contributed by atoms with Crippen LogP contribution in [0.5, 0.6) is 0 Å². The van der Waals surface area contributed by atoms with Crippen molar-refractivity contribution >= 4 is 40.8 Å². The molecule has 1 aliphatic carbocycles. The van der Waals surface area contributed by atoms with Gasteiger partial charge in [-0.1, -0.05) is 42.3 Å². The van der Waals surface area contributed by atoms with Crippen molar-refractivity contribution in [2.24, 2.45) is 5.92 Å². The number of rotatable bonds is 5. The lowest BCUT2D eigenvalue weighted by Gasteiger charge is -2.49. The van der Waals surface area contributed by atoms with Gasteiger partial charge < -0.3 is 15.4 Å². The van der Waals surface area contributed by atoms with Crippen molar-refractivity contribution in [1.29, 1.82) is 0 Å². The Morgan fingerprint density at radius 3 is 2.46 bits per heavy atom. The normalized spacial score (nSPS) is 25.7. The number of esters is 1. The third kappa shape index (κ3) is 4.81. The van der Waals surface area contributed by atoms with E-state index in [1.54, 1.807) is 0 Å². The number of ether oxygens (including phenoxy) is 1. The van der Waals surface area contributed by atoms with Gasteiger partial charge >= 0.3 is 5.97 Å². The quantitative estimate of drug-likeness (QED) is 0.599. The fourth-order valence-electron chi connectivity index (χ4n) is 5.87. The van der Waals surface area contributed by atoms with E-state index < -0.39 is 5.97 Å². The van der Waals surface area contributed by atoms with E-state index in [0.717, 1.165) is 50.7 Å². The van der Waals surface area contributed by atoms with Crippen LogP contribution >= 0.6 is 23.2 Å². The number of carbonyl (C=O) groups excluding carboxylic acids is 1. The highest BCUT2D eigenvalue weighted by Gasteiger charge is 2.59. The lowest BCUT2D eigenvalue weighted by atomic mass is 9.96. The Kier molecular flexibility index (Phi) is 6.83. The first-order valence-corrected chi connectivity index (χ1v) is 13.0. The molecule has 3 fully saturated rings. The Labute approximate surface area is 216 Å². The van der Waals surface area contributed by atoms with E-state index in [1.165, 1.54) is 25.5 Å². The largest absolute Gasteiger partial charge is 0.464 e. The first-order valence-electron chi connectivity index (χ1n) is 12.2. The third-order valence-electron chi connectivity index (χ3n) is 7.92. The second-order valence-electron chi connectivity index (χ2n) is 10.0. The standard InChI is InChI=1S/C25H32Cl2N6O2/c1-16-13-25(16)15-32(23-21(27)29-20(22(28)30-23)24(34)35-2)11-12-33(25)19-7-9-31(10-8-19)14-17-3-5-18(26)6-4-17/h3-6,16,19H,7-15H2,1-2H3,(H2,28,30)/t16-,25?/m1/s1. The van der Waals surface area contributed by atoms with Crippen LogP contribution in [0, 0.1) is 5.92 Å². The molecule has 2 saturated heterocycles. The second kappa shape index (κ2) is 9.73. The van der Waals surface area contributed by atoms with Crippen molar-refractivity contribution < 1.29 is 9.53 Å². The van der Waals surface area contributed by atoms with Gasteiger partial charge in [-0.05, 0) is 56.0 Å². The van der Waals surface area contributed by atoms with Crippen molar-refractivity contribution in [3.05, 3.63) is 45.7 Å². The predicted molar refractivity (Wildman–Crippen MR) is 138 cm³/mol. The smallest absolute Gasteiger partial charge is 0.360 e. The molecule has 188 valence electrons. The summed E-state index contributed by atoms with van der Waals surface area (Å²) in [6, 6.07) is 8.75. The van der Waals surface area contributed by atoms with Crippen LogP contribution in [0.25, 0.3) is 0 Å². The van der Waals surface area contributed by atoms with Gasteiger partial charge in [0.2, 0.25) is 0 Å². The summed E-state index contributed by atoms with van der Waals surface area (Å²) in [6.45, 7) is 8.08. The monoisotopic (exact) mass is 518 g/mol. The molecular formula is C25H32Cl2N6O2. The van der Waals surface area contributed by atoms with Crippen molar-refractivity contribution in [2.75, 3.05) is 50.5 Å². The van der Waals surface area contributed by atoms with Crippen molar-refractivity contribution in [2.45, 2.75) is 44.3 Å². The summed E-state index contributed by atoms with van der Waals surface area (Å²) < 4.78 is 4.73. The van der Waals surface area contributed by atoms with Crippen molar-refractivity contribution in [3.8, 4) is 0 Å². The van der Waals surface area contributed by atoms with Crippen LogP contribution in [0.15, 0.2) is 24.3 Å². The Morgan fingerprint density at radius 1 is 1.14 bits per heavy atom. The molecule has 1 spiro atoms. The van der Waals surface area contributed by atoms with E-state index in [-0.39, 0.29) is 22.2 Å². The molecule has 10 heteroatoms. The number of carbonyl (C=O) groups is 1. The third-order valence-corrected chi connectivity index (χ3v) is 8.43. The molecule has 1 aromatic heterocycles. The summed E-state index contributed by atoms with van der Waals surface area (Å²) >= 11 is 12.5. The van der Waals surface area contributed by atoms with E-state index in [2.05, 4.69) is 43.7 Å². The molecule has 0 amide bonds. The summed E-state index contributed by atoms with van der Waals surface area (Å²) in [4.78, 5) is 28.0. The number of halogens is 2. The number of benzene rings is 1. The van der Waals surface area contributed by atoms with Gasteiger partial charge in [0.05, 0.1) is 7.11 Å². The number of aromatic nitrogens is 2. The van der Waals surface area contributed by atoms with Gasteiger partial charge in [-0.3, -0.25) is 9.80 Å². The predicted octanol–water partition coefficient (Wildman–Crippen LogP) is 3.72. The Morgan fingerprint density at radius 2 is 1.83 bits per heavy atom. The Hall–Kier alpha value is -2.13. The number of nitrogens with zero attached hydrogens (tertiary/aromatic N) is 5. The topological polar surface area (TPSA) is 87.8 Å². The Bertz CT molecular complexity index is 1090. The number of hydrogen-bond donors (Lipinski definition) is 1. The second-order valence-corrected chi connectivity index (χ2v) is 10.8. The fourth-order valence-corrected chi connectivity index (χ4v) is 6.25. The van der Waals surface area contributed by atoms with Crippen molar-refractivity contribution in [1.82, 2.24) is 19.8 Å². The fraction of sp³-hybridized carbons (Fsp3) is 0.560. The summed E-state index contributed by atoms with van der Waals surface area (Å²) in [5.74, 6) is 0.566. The molecule has 8 nitrogen and oxygen atoms in total. The van der Waals surface area contributed by atoms with Gasteiger partial charge in [0, 0.05) is 42.8 Å². The molecule has 5 rings (SSSR count). The van der Waals surface area contributed by atoms with Crippen LogP contribution in [0.1, 0.15) is 42.2 Å². The molecule has 0 radical (unpaired) electrons. The van der Waals surface area contributed by atoms with Crippen LogP contribution < -0.4 is 10.6 Å². The molecule has 2 aromatic rings. The summed E-state index contributed by atoms with van der Waals surface area (Å²) in [6.07, 6.45) is 3.50. The number of anilines is 2. The maximum Gasteiger partial charge on any atom is 0.360 e. The highest BCUT2D eigenvalue weighted by Crippen LogP contribution is 2.52. The van der Waals surface area contributed by atoms with E-state index >= 15 is 0 Å². The zero-order chi connectivity index (χ0) is 24.7.